The van der Waals surface area contributed by atoms with Gasteiger partial charge in [0.15, 0.2) is 5.69 Å². The summed E-state index contributed by atoms with van der Waals surface area (Å²) in [5.41, 5.74) is 2.21. The quantitative estimate of drug-likeness (QED) is 0.532. The number of nitro benzene ring substituents is 1. The maximum atomic E-state index is 11.1. The van der Waals surface area contributed by atoms with Crippen LogP contribution in [0.3, 0.4) is 0 Å². The Bertz CT molecular complexity index is 906. The van der Waals surface area contributed by atoms with E-state index in [0.29, 0.717) is 28.2 Å². The summed E-state index contributed by atoms with van der Waals surface area (Å²) in [5, 5.41) is 20.2. The van der Waals surface area contributed by atoms with Crippen molar-refractivity contribution in [3.8, 4) is 17.5 Å². The first-order chi connectivity index (χ1) is 10.1. The number of aromatic nitrogens is 2. The number of nitrogens with zero attached hydrogens (tertiary/aromatic N) is 4. The lowest BCUT2D eigenvalue weighted by molar-refractivity contribution is -0.385. The summed E-state index contributed by atoms with van der Waals surface area (Å²) >= 11 is 0. The Labute approximate surface area is 120 Å². The van der Waals surface area contributed by atoms with Gasteiger partial charge in [0.1, 0.15) is 11.9 Å². The minimum atomic E-state index is -0.417. The Kier molecular flexibility index (Phi) is 2.88. The SMILES string of the molecule is Cc1ccc(-c2nc(C#N)c3ccccn23)cc1[N+](=O)[O-]. The van der Waals surface area contributed by atoms with E-state index < -0.39 is 4.92 Å². The lowest BCUT2D eigenvalue weighted by Crippen LogP contribution is -1.94. The monoisotopic (exact) mass is 278 g/mol. The van der Waals surface area contributed by atoms with Crippen LogP contribution in [0.15, 0.2) is 42.6 Å². The molecule has 0 aliphatic rings. The maximum absolute atomic E-state index is 11.1. The van der Waals surface area contributed by atoms with Crippen LogP contribution in [0.4, 0.5) is 5.69 Å². The predicted octanol–water partition coefficient (Wildman–Crippen LogP) is 3.09. The van der Waals surface area contributed by atoms with Crippen LogP contribution in [-0.2, 0) is 0 Å². The molecular formula is C15H10N4O2. The fraction of sp³-hybridized carbons (Fsp3) is 0.0667. The summed E-state index contributed by atoms with van der Waals surface area (Å²) in [4.78, 5) is 14.9. The van der Waals surface area contributed by atoms with Crippen molar-refractivity contribution in [1.29, 1.82) is 5.26 Å². The number of aryl methyl sites for hydroxylation is 1. The fourth-order valence-electron chi connectivity index (χ4n) is 2.27. The van der Waals surface area contributed by atoms with Gasteiger partial charge in [0.2, 0.25) is 0 Å². The van der Waals surface area contributed by atoms with Gasteiger partial charge in [0.05, 0.1) is 10.4 Å². The summed E-state index contributed by atoms with van der Waals surface area (Å²) in [6.45, 7) is 1.69. The third kappa shape index (κ3) is 2.01. The number of fused-ring (bicyclic) bond motifs is 1. The van der Waals surface area contributed by atoms with E-state index in [1.54, 1.807) is 35.7 Å². The molecule has 21 heavy (non-hydrogen) atoms. The second-order valence-corrected chi connectivity index (χ2v) is 4.61. The topological polar surface area (TPSA) is 84.2 Å². The molecule has 0 radical (unpaired) electrons. The van der Waals surface area contributed by atoms with Crippen molar-refractivity contribution in [3.05, 3.63) is 64.0 Å². The van der Waals surface area contributed by atoms with Gasteiger partial charge in [0, 0.05) is 23.4 Å². The number of rotatable bonds is 2. The molecule has 0 amide bonds. The molecule has 0 saturated heterocycles. The molecule has 0 aliphatic heterocycles. The van der Waals surface area contributed by atoms with Crippen LogP contribution in [0.1, 0.15) is 11.3 Å². The average Bonchev–Trinajstić information content (AvgIpc) is 2.86. The van der Waals surface area contributed by atoms with Gasteiger partial charge < -0.3 is 0 Å². The minimum Gasteiger partial charge on any atom is -0.298 e. The third-order valence-electron chi connectivity index (χ3n) is 3.32. The molecule has 2 aromatic heterocycles. The Morgan fingerprint density at radius 1 is 1.33 bits per heavy atom. The highest BCUT2D eigenvalue weighted by Gasteiger charge is 2.16. The van der Waals surface area contributed by atoms with E-state index >= 15 is 0 Å². The first-order valence-electron chi connectivity index (χ1n) is 6.24. The van der Waals surface area contributed by atoms with Gasteiger partial charge in [-0.3, -0.25) is 14.5 Å². The van der Waals surface area contributed by atoms with Crippen LogP contribution in [-0.4, -0.2) is 14.3 Å². The molecule has 6 nitrogen and oxygen atoms in total. The molecule has 0 aliphatic carbocycles. The van der Waals surface area contributed by atoms with Gasteiger partial charge in [-0.2, -0.15) is 5.26 Å². The van der Waals surface area contributed by atoms with Crippen LogP contribution in [0.25, 0.3) is 16.9 Å². The lowest BCUT2D eigenvalue weighted by atomic mass is 10.1. The normalized spacial score (nSPS) is 10.5. The van der Waals surface area contributed by atoms with E-state index in [9.17, 15) is 10.1 Å². The largest absolute Gasteiger partial charge is 0.298 e. The van der Waals surface area contributed by atoms with Gasteiger partial charge in [-0.25, -0.2) is 4.98 Å². The molecule has 6 heteroatoms. The molecule has 0 saturated carbocycles. The predicted molar refractivity (Wildman–Crippen MR) is 76.7 cm³/mol. The van der Waals surface area contributed by atoms with Gasteiger partial charge >= 0.3 is 0 Å². The second-order valence-electron chi connectivity index (χ2n) is 4.61. The van der Waals surface area contributed by atoms with E-state index in [1.807, 2.05) is 18.2 Å². The van der Waals surface area contributed by atoms with Crippen molar-refractivity contribution in [2.24, 2.45) is 0 Å². The van der Waals surface area contributed by atoms with E-state index in [1.165, 1.54) is 6.07 Å². The average molecular weight is 278 g/mol. The van der Waals surface area contributed by atoms with Crippen LogP contribution in [0.2, 0.25) is 0 Å². The third-order valence-corrected chi connectivity index (χ3v) is 3.32. The first-order valence-corrected chi connectivity index (χ1v) is 6.24. The zero-order valence-corrected chi connectivity index (χ0v) is 11.1. The molecule has 0 unspecified atom stereocenters. The van der Waals surface area contributed by atoms with Crippen molar-refractivity contribution in [1.82, 2.24) is 9.38 Å². The lowest BCUT2D eigenvalue weighted by Gasteiger charge is -2.03. The highest BCUT2D eigenvalue weighted by Crippen LogP contribution is 2.27. The summed E-state index contributed by atoms with van der Waals surface area (Å²) in [6, 6.07) is 12.4. The smallest absolute Gasteiger partial charge is 0.273 e. The minimum absolute atomic E-state index is 0.0405. The number of benzene rings is 1. The Balaban J connectivity index is 2.29. The van der Waals surface area contributed by atoms with Crippen LogP contribution in [0.5, 0.6) is 0 Å². The van der Waals surface area contributed by atoms with Crippen molar-refractivity contribution in [2.45, 2.75) is 6.92 Å². The zero-order chi connectivity index (χ0) is 15.0. The van der Waals surface area contributed by atoms with Gasteiger partial charge in [0.25, 0.3) is 5.69 Å². The number of hydrogen-bond acceptors (Lipinski definition) is 4. The fourth-order valence-corrected chi connectivity index (χ4v) is 2.27. The number of imidazole rings is 1. The molecule has 0 bridgehead atoms. The number of nitriles is 1. The Morgan fingerprint density at radius 2 is 2.14 bits per heavy atom. The molecule has 3 aromatic rings. The van der Waals surface area contributed by atoms with Crippen molar-refractivity contribution >= 4 is 11.2 Å². The highest BCUT2D eigenvalue weighted by atomic mass is 16.6. The maximum Gasteiger partial charge on any atom is 0.273 e. The molecule has 2 heterocycles. The Morgan fingerprint density at radius 3 is 2.86 bits per heavy atom. The van der Waals surface area contributed by atoms with Gasteiger partial charge in [-0.1, -0.05) is 18.2 Å². The molecule has 3 rings (SSSR count). The van der Waals surface area contributed by atoms with Crippen molar-refractivity contribution in [2.75, 3.05) is 0 Å². The molecule has 0 N–H and O–H groups in total. The first kappa shape index (κ1) is 12.8. The molecule has 0 fully saturated rings. The highest BCUT2D eigenvalue weighted by molar-refractivity contribution is 5.70. The number of pyridine rings is 1. The number of hydrogen-bond donors (Lipinski definition) is 0. The van der Waals surface area contributed by atoms with Gasteiger partial charge in [-0.15, -0.1) is 0 Å². The van der Waals surface area contributed by atoms with E-state index in [4.69, 9.17) is 5.26 Å². The summed E-state index contributed by atoms with van der Waals surface area (Å²) < 4.78 is 1.76. The van der Waals surface area contributed by atoms with E-state index in [0.717, 1.165) is 0 Å². The summed E-state index contributed by atoms with van der Waals surface area (Å²) in [5.74, 6) is 0.519. The van der Waals surface area contributed by atoms with Crippen molar-refractivity contribution in [3.63, 3.8) is 0 Å². The number of nitro groups is 1. The molecule has 1 aromatic carbocycles. The molecular weight excluding hydrogens is 268 g/mol. The van der Waals surface area contributed by atoms with Crippen LogP contribution >= 0.6 is 0 Å². The molecule has 102 valence electrons. The van der Waals surface area contributed by atoms with E-state index in [-0.39, 0.29) is 5.69 Å². The van der Waals surface area contributed by atoms with E-state index in [2.05, 4.69) is 4.98 Å². The van der Waals surface area contributed by atoms with Gasteiger partial charge in [-0.05, 0) is 19.1 Å². The summed E-state index contributed by atoms with van der Waals surface area (Å²) in [6.07, 6.45) is 1.78. The zero-order valence-electron chi connectivity index (χ0n) is 11.1. The summed E-state index contributed by atoms with van der Waals surface area (Å²) in [7, 11) is 0. The second kappa shape index (κ2) is 4.72. The van der Waals surface area contributed by atoms with Crippen molar-refractivity contribution < 1.29 is 4.92 Å². The molecule has 0 spiro atoms. The standard InChI is InChI=1S/C15H10N4O2/c1-10-5-6-11(8-14(10)19(20)21)15-17-12(9-16)13-4-2-3-7-18(13)15/h2-8H,1H3. The Hall–Kier alpha value is -3.20. The molecule has 0 atom stereocenters. The van der Waals surface area contributed by atoms with Crippen LogP contribution in [0, 0.1) is 28.4 Å². The van der Waals surface area contributed by atoms with Crippen LogP contribution < -0.4 is 0 Å².